The molecule has 3 amide bonds. The van der Waals surface area contributed by atoms with E-state index in [-0.39, 0.29) is 12.3 Å². The van der Waals surface area contributed by atoms with Gasteiger partial charge in [0.1, 0.15) is 5.76 Å². The van der Waals surface area contributed by atoms with E-state index < -0.39 is 17.7 Å². The lowest BCUT2D eigenvalue weighted by atomic mass is 10.2. The van der Waals surface area contributed by atoms with Crippen LogP contribution >= 0.6 is 0 Å². The fraction of sp³-hybridized carbons (Fsp3) is 0.154. The zero-order chi connectivity index (χ0) is 15.2. The first kappa shape index (κ1) is 14.4. The maximum atomic E-state index is 11.7. The van der Waals surface area contributed by atoms with Gasteiger partial charge < -0.3 is 14.2 Å². The Morgan fingerprint density at radius 3 is 2.48 bits per heavy atom. The average Bonchev–Trinajstić information content (AvgIpc) is 3.13. The van der Waals surface area contributed by atoms with Crippen LogP contribution in [0.3, 0.4) is 0 Å². The molecule has 3 N–H and O–H groups in total. The third-order valence-corrected chi connectivity index (χ3v) is 2.57. The monoisotopic (exact) mass is 291 g/mol. The molecule has 0 saturated heterocycles. The second-order valence-corrected chi connectivity index (χ2v) is 4.05. The summed E-state index contributed by atoms with van der Waals surface area (Å²) >= 11 is 0. The minimum absolute atomic E-state index is 0.0980. The van der Waals surface area contributed by atoms with E-state index >= 15 is 0 Å². The van der Waals surface area contributed by atoms with Crippen molar-refractivity contribution in [3.63, 3.8) is 0 Å². The van der Waals surface area contributed by atoms with Gasteiger partial charge in [-0.15, -0.1) is 0 Å². The zero-order valence-electron chi connectivity index (χ0n) is 11.1. The van der Waals surface area contributed by atoms with Crippen molar-refractivity contribution in [2.24, 2.45) is 0 Å². The number of furan rings is 2. The Morgan fingerprint density at radius 1 is 1.05 bits per heavy atom. The molecule has 0 saturated carbocycles. The van der Waals surface area contributed by atoms with Crippen LogP contribution in [0.25, 0.3) is 0 Å². The van der Waals surface area contributed by atoms with Gasteiger partial charge in [0, 0.05) is 0 Å². The quantitative estimate of drug-likeness (QED) is 0.704. The molecular formula is C13H13N3O5. The number of rotatable bonds is 4. The molecule has 2 aromatic rings. The first-order valence-corrected chi connectivity index (χ1v) is 6.03. The van der Waals surface area contributed by atoms with E-state index in [9.17, 15) is 14.4 Å². The van der Waals surface area contributed by atoms with E-state index in [0.29, 0.717) is 11.3 Å². The molecular weight excluding hydrogens is 278 g/mol. The van der Waals surface area contributed by atoms with Gasteiger partial charge in [0.15, 0.2) is 5.76 Å². The molecule has 8 nitrogen and oxygen atoms in total. The molecule has 2 rings (SSSR count). The average molecular weight is 291 g/mol. The van der Waals surface area contributed by atoms with Crippen LogP contribution in [0, 0.1) is 6.92 Å². The third-order valence-electron chi connectivity index (χ3n) is 2.57. The minimum Gasteiger partial charge on any atom is -0.469 e. The van der Waals surface area contributed by atoms with Gasteiger partial charge in [0.2, 0.25) is 0 Å². The molecule has 2 aromatic heterocycles. The number of aryl methyl sites for hydroxylation is 1. The first-order valence-electron chi connectivity index (χ1n) is 6.03. The number of carbonyl (C=O) groups excluding carboxylic acids is 3. The normalized spacial score (nSPS) is 9.95. The van der Waals surface area contributed by atoms with E-state index in [2.05, 4.69) is 16.2 Å². The van der Waals surface area contributed by atoms with Crippen molar-refractivity contribution in [2.75, 3.05) is 6.54 Å². The van der Waals surface area contributed by atoms with E-state index in [1.54, 1.807) is 13.0 Å². The van der Waals surface area contributed by atoms with Crippen molar-refractivity contribution in [1.82, 2.24) is 16.2 Å². The highest BCUT2D eigenvalue weighted by molar-refractivity contribution is 5.97. The van der Waals surface area contributed by atoms with Crippen molar-refractivity contribution < 1.29 is 23.2 Å². The summed E-state index contributed by atoms with van der Waals surface area (Å²) in [6.07, 6.45) is 2.72. The van der Waals surface area contributed by atoms with E-state index in [1.165, 1.54) is 24.7 Å². The van der Waals surface area contributed by atoms with Gasteiger partial charge in [-0.2, -0.15) is 0 Å². The Labute approximate surface area is 119 Å². The molecule has 0 aliphatic carbocycles. The number of hydrogen-bond acceptors (Lipinski definition) is 5. The van der Waals surface area contributed by atoms with Crippen LogP contribution in [0.1, 0.15) is 26.7 Å². The molecule has 0 aliphatic heterocycles. The lowest BCUT2D eigenvalue weighted by Gasteiger charge is -2.07. The largest absolute Gasteiger partial charge is 0.469 e. The highest BCUT2D eigenvalue weighted by Crippen LogP contribution is 2.07. The predicted octanol–water partition coefficient (Wildman–Crippen LogP) is 0.372. The van der Waals surface area contributed by atoms with Gasteiger partial charge in [0.25, 0.3) is 17.7 Å². The number of nitrogens with one attached hydrogen (secondary N) is 3. The van der Waals surface area contributed by atoms with Crippen LogP contribution in [0.5, 0.6) is 0 Å². The van der Waals surface area contributed by atoms with Gasteiger partial charge in [-0.3, -0.25) is 25.2 Å². The fourth-order valence-corrected chi connectivity index (χ4v) is 1.51. The summed E-state index contributed by atoms with van der Waals surface area (Å²) in [7, 11) is 0. The first-order chi connectivity index (χ1) is 10.1. The maximum absolute atomic E-state index is 11.7. The topological polar surface area (TPSA) is 114 Å². The third kappa shape index (κ3) is 3.72. The van der Waals surface area contributed by atoms with Crippen LogP contribution in [0.4, 0.5) is 0 Å². The molecule has 8 heteroatoms. The summed E-state index contributed by atoms with van der Waals surface area (Å²) < 4.78 is 9.84. The SMILES string of the molecule is Cc1occc1C(=O)NNC(=O)CNC(=O)c1ccco1. The van der Waals surface area contributed by atoms with Crippen molar-refractivity contribution in [3.8, 4) is 0 Å². The molecule has 0 aliphatic rings. The number of hydrazine groups is 1. The van der Waals surface area contributed by atoms with E-state index in [1.807, 2.05) is 0 Å². The highest BCUT2D eigenvalue weighted by Gasteiger charge is 2.13. The Hall–Kier alpha value is -3.03. The molecule has 0 aromatic carbocycles. The van der Waals surface area contributed by atoms with Crippen molar-refractivity contribution >= 4 is 17.7 Å². The van der Waals surface area contributed by atoms with E-state index in [4.69, 9.17) is 8.83 Å². The predicted molar refractivity (Wildman–Crippen MR) is 70.1 cm³/mol. The molecule has 110 valence electrons. The summed E-state index contributed by atoms with van der Waals surface area (Å²) in [6, 6.07) is 4.51. The summed E-state index contributed by atoms with van der Waals surface area (Å²) in [4.78, 5) is 34.6. The Bertz CT molecular complexity index is 645. The van der Waals surface area contributed by atoms with Crippen molar-refractivity contribution in [1.29, 1.82) is 0 Å². The summed E-state index contributed by atoms with van der Waals surface area (Å²) in [6.45, 7) is 1.32. The highest BCUT2D eigenvalue weighted by atomic mass is 16.3. The van der Waals surface area contributed by atoms with Crippen LogP contribution < -0.4 is 16.2 Å². The molecule has 0 radical (unpaired) electrons. The van der Waals surface area contributed by atoms with Gasteiger partial charge in [0.05, 0.1) is 24.6 Å². The second-order valence-electron chi connectivity index (χ2n) is 4.05. The zero-order valence-corrected chi connectivity index (χ0v) is 11.1. The van der Waals surface area contributed by atoms with Crippen LogP contribution in [0.15, 0.2) is 39.6 Å². The molecule has 0 atom stereocenters. The Balaban J connectivity index is 1.74. The van der Waals surface area contributed by atoms with Crippen LogP contribution in [0.2, 0.25) is 0 Å². The summed E-state index contributed by atoms with van der Waals surface area (Å²) in [5.74, 6) is -1.07. The second kappa shape index (κ2) is 6.42. The summed E-state index contributed by atoms with van der Waals surface area (Å²) in [5.41, 5.74) is 4.70. The molecule has 0 unspecified atom stereocenters. The molecule has 0 fully saturated rings. The molecule has 2 heterocycles. The van der Waals surface area contributed by atoms with Gasteiger partial charge in [-0.25, -0.2) is 0 Å². The maximum Gasteiger partial charge on any atom is 0.287 e. The van der Waals surface area contributed by atoms with Crippen LogP contribution in [-0.4, -0.2) is 24.3 Å². The van der Waals surface area contributed by atoms with Crippen molar-refractivity contribution in [3.05, 3.63) is 47.8 Å². The van der Waals surface area contributed by atoms with Gasteiger partial charge in [-0.1, -0.05) is 0 Å². The molecule has 0 spiro atoms. The number of carbonyl (C=O) groups is 3. The fourth-order valence-electron chi connectivity index (χ4n) is 1.51. The molecule has 21 heavy (non-hydrogen) atoms. The lowest BCUT2D eigenvalue weighted by molar-refractivity contribution is -0.120. The summed E-state index contributed by atoms with van der Waals surface area (Å²) in [5, 5.41) is 2.34. The Kier molecular flexibility index (Phi) is 4.39. The smallest absolute Gasteiger partial charge is 0.287 e. The standard InChI is InChI=1S/C13H13N3O5/c1-8-9(4-6-20-8)12(18)16-15-11(17)7-14-13(19)10-3-2-5-21-10/h2-6H,7H2,1H3,(H,14,19)(H,15,17)(H,16,18). The lowest BCUT2D eigenvalue weighted by Crippen LogP contribution is -2.46. The molecule has 0 bridgehead atoms. The van der Waals surface area contributed by atoms with Gasteiger partial charge >= 0.3 is 0 Å². The van der Waals surface area contributed by atoms with Gasteiger partial charge in [-0.05, 0) is 25.1 Å². The Morgan fingerprint density at radius 2 is 1.86 bits per heavy atom. The van der Waals surface area contributed by atoms with Crippen molar-refractivity contribution in [2.45, 2.75) is 6.92 Å². The van der Waals surface area contributed by atoms with E-state index in [0.717, 1.165) is 0 Å². The minimum atomic E-state index is -0.579. The number of hydrogen-bond donors (Lipinski definition) is 3. The number of amides is 3. The van der Waals surface area contributed by atoms with Crippen LogP contribution in [-0.2, 0) is 4.79 Å².